The van der Waals surface area contributed by atoms with E-state index < -0.39 is 11.9 Å². The number of hydrogen-bond donors (Lipinski definition) is 1. The Morgan fingerprint density at radius 2 is 1.68 bits per heavy atom. The molecule has 190 valence electrons. The van der Waals surface area contributed by atoms with Gasteiger partial charge in [-0.05, 0) is 102 Å². The fourth-order valence-electron chi connectivity index (χ4n) is 3.19. The molecule has 0 aliphatic rings. The summed E-state index contributed by atoms with van der Waals surface area (Å²) in [6, 6.07) is 19.7. The summed E-state index contributed by atoms with van der Waals surface area (Å²) in [5, 5.41) is 12.3. The molecule has 0 atom stereocenters. The van der Waals surface area contributed by atoms with Crippen LogP contribution in [-0.2, 0) is 16.1 Å². The predicted octanol–water partition coefficient (Wildman–Crippen LogP) is 6.75. The van der Waals surface area contributed by atoms with Crippen molar-refractivity contribution in [2.45, 2.75) is 20.5 Å². The van der Waals surface area contributed by atoms with Crippen LogP contribution in [0.3, 0.4) is 0 Å². The van der Waals surface area contributed by atoms with Crippen LogP contribution < -0.4 is 14.8 Å². The maximum atomic E-state index is 12.8. The molecule has 3 aromatic rings. The highest BCUT2D eigenvalue weighted by molar-refractivity contribution is 14.1. The molecule has 3 aromatic carbocycles. The first-order valence-electron chi connectivity index (χ1n) is 11.4. The molecule has 0 aliphatic heterocycles. The van der Waals surface area contributed by atoms with Crippen molar-refractivity contribution in [2.75, 3.05) is 18.5 Å². The normalized spacial score (nSPS) is 10.8. The minimum absolute atomic E-state index is 0.106. The van der Waals surface area contributed by atoms with E-state index in [1.807, 2.05) is 37.3 Å². The molecule has 0 aromatic heterocycles. The zero-order valence-electron chi connectivity index (χ0n) is 20.2. The van der Waals surface area contributed by atoms with Gasteiger partial charge in [-0.2, -0.15) is 5.26 Å². The number of nitrogens with zero attached hydrogens (tertiary/aromatic N) is 1. The average Bonchev–Trinajstić information content (AvgIpc) is 2.89. The second-order valence-electron chi connectivity index (χ2n) is 7.59. The molecule has 0 bridgehead atoms. The van der Waals surface area contributed by atoms with Gasteiger partial charge in [-0.1, -0.05) is 28.1 Å². The molecular formula is C28H24BrIN2O5. The van der Waals surface area contributed by atoms with E-state index in [1.165, 1.54) is 6.08 Å². The van der Waals surface area contributed by atoms with E-state index in [2.05, 4.69) is 43.8 Å². The number of esters is 1. The number of nitrogens with one attached hydrogen (secondary N) is 1. The highest BCUT2D eigenvalue weighted by atomic mass is 127. The van der Waals surface area contributed by atoms with Crippen LogP contribution in [0.4, 0.5) is 5.69 Å². The molecular weight excluding hydrogens is 651 g/mol. The number of carbonyl (C=O) groups is 2. The van der Waals surface area contributed by atoms with Gasteiger partial charge in [0, 0.05) is 13.7 Å². The van der Waals surface area contributed by atoms with E-state index in [1.54, 1.807) is 43.3 Å². The average molecular weight is 675 g/mol. The summed E-state index contributed by atoms with van der Waals surface area (Å²) < 4.78 is 18.5. The third kappa shape index (κ3) is 8.06. The van der Waals surface area contributed by atoms with E-state index in [0.29, 0.717) is 46.0 Å². The van der Waals surface area contributed by atoms with Gasteiger partial charge in [0.25, 0.3) is 5.91 Å². The Labute approximate surface area is 237 Å². The number of anilines is 1. The number of amides is 1. The topological polar surface area (TPSA) is 97.7 Å². The predicted molar refractivity (Wildman–Crippen MR) is 153 cm³/mol. The summed E-state index contributed by atoms with van der Waals surface area (Å²) in [5.41, 5.74) is 2.29. The van der Waals surface area contributed by atoms with Crippen LogP contribution in [0.2, 0.25) is 0 Å². The van der Waals surface area contributed by atoms with Crippen molar-refractivity contribution in [3.05, 3.63) is 91.0 Å². The fourth-order valence-corrected chi connectivity index (χ4v) is 3.99. The minimum atomic E-state index is -0.588. The minimum Gasteiger partial charge on any atom is -0.490 e. The number of carbonyl (C=O) groups excluding carboxylic acids is 2. The van der Waals surface area contributed by atoms with Crippen molar-refractivity contribution in [1.82, 2.24) is 0 Å². The molecule has 0 radical (unpaired) electrons. The standard InChI is InChI=1S/C28H24BrIN2O5/c1-3-35-25-14-20(24(29)15-26(25)37-17-18-5-9-22(30)10-6-18)13-21(16-31)27(33)32-23-11-7-19(8-12-23)28(34)36-4-2/h5-15H,3-4,17H2,1-2H3,(H,32,33)/b21-13+. The Kier molecular flexibility index (Phi) is 10.5. The van der Waals surface area contributed by atoms with Gasteiger partial charge in [-0.3, -0.25) is 4.79 Å². The zero-order chi connectivity index (χ0) is 26.8. The highest BCUT2D eigenvalue weighted by Crippen LogP contribution is 2.35. The number of nitriles is 1. The Morgan fingerprint density at radius 3 is 2.30 bits per heavy atom. The van der Waals surface area contributed by atoms with Crippen molar-refractivity contribution < 1.29 is 23.8 Å². The van der Waals surface area contributed by atoms with Crippen LogP contribution in [0.1, 0.15) is 35.3 Å². The quantitative estimate of drug-likeness (QED) is 0.111. The monoisotopic (exact) mass is 674 g/mol. The van der Waals surface area contributed by atoms with E-state index in [0.717, 1.165) is 9.13 Å². The first-order chi connectivity index (χ1) is 17.8. The summed E-state index contributed by atoms with van der Waals surface area (Å²) in [4.78, 5) is 24.6. The van der Waals surface area contributed by atoms with Crippen molar-refractivity contribution in [1.29, 1.82) is 5.26 Å². The number of rotatable bonds is 10. The lowest BCUT2D eigenvalue weighted by Gasteiger charge is -2.14. The molecule has 0 unspecified atom stereocenters. The molecule has 37 heavy (non-hydrogen) atoms. The molecule has 0 aliphatic carbocycles. The van der Waals surface area contributed by atoms with Gasteiger partial charge < -0.3 is 19.5 Å². The molecule has 3 rings (SSSR count). The molecule has 0 saturated heterocycles. The first kappa shape index (κ1) is 28.2. The van der Waals surface area contributed by atoms with Gasteiger partial charge >= 0.3 is 5.97 Å². The summed E-state index contributed by atoms with van der Waals surface area (Å²) in [7, 11) is 0. The van der Waals surface area contributed by atoms with E-state index in [-0.39, 0.29) is 12.2 Å². The Bertz CT molecular complexity index is 1330. The molecule has 9 heteroatoms. The third-order valence-electron chi connectivity index (χ3n) is 4.99. The van der Waals surface area contributed by atoms with Crippen LogP contribution in [0.5, 0.6) is 11.5 Å². The summed E-state index contributed by atoms with van der Waals surface area (Å²) >= 11 is 5.76. The first-order valence-corrected chi connectivity index (χ1v) is 13.3. The molecule has 7 nitrogen and oxygen atoms in total. The maximum absolute atomic E-state index is 12.8. The second kappa shape index (κ2) is 13.8. The zero-order valence-corrected chi connectivity index (χ0v) is 24.0. The third-order valence-corrected chi connectivity index (χ3v) is 6.40. The molecule has 1 N–H and O–H groups in total. The maximum Gasteiger partial charge on any atom is 0.338 e. The van der Waals surface area contributed by atoms with Gasteiger partial charge in [0.1, 0.15) is 18.2 Å². The summed E-state index contributed by atoms with van der Waals surface area (Å²) in [6.07, 6.45) is 1.47. The van der Waals surface area contributed by atoms with Crippen LogP contribution in [0.25, 0.3) is 6.08 Å². The Hall–Kier alpha value is -3.36. The van der Waals surface area contributed by atoms with Crippen LogP contribution in [-0.4, -0.2) is 25.1 Å². The van der Waals surface area contributed by atoms with Gasteiger partial charge in [0.2, 0.25) is 0 Å². The van der Waals surface area contributed by atoms with Gasteiger partial charge in [0.05, 0.1) is 18.8 Å². The smallest absolute Gasteiger partial charge is 0.338 e. The number of halogens is 2. The largest absolute Gasteiger partial charge is 0.490 e. The van der Waals surface area contributed by atoms with Gasteiger partial charge in [-0.25, -0.2) is 4.79 Å². The van der Waals surface area contributed by atoms with Crippen LogP contribution >= 0.6 is 38.5 Å². The van der Waals surface area contributed by atoms with Crippen molar-refractivity contribution in [3.8, 4) is 17.6 Å². The van der Waals surface area contributed by atoms with E-state index in [9.17, 15) is 14.9 Å². The highest BCUT2D eigenvalue weighted by Gasteiger charge is 2.15. The summed E-state index contributed by atoms with van der Waals surface area (Å²) in [6.45, 7) is 4.64. The van der Waals surface area contributed by atoms with Crippen molar-refractivity contribution in [3.63, 3.8) is 0 Å². The molecule has 0 spiro atoms. The molecule has 0 fully saturated rings. The number of hydrogen-bond acceptors (Lipinski definition) is 6. The van der Waals surface area contributed by atoms with Crippen molar-refractivity contribution >= 4 is 62.2 Å². The van der Waals surface area contributed by atoms with Crippen LogP contribution in [0, 0.1) is 14.9 Å². The second-order valence-corrected chi connectivity index (χ2v) is 9.69. The van der Waals surface area contributed by atoms with Gasteiger partial charge in [0.15, 0.2) is 11.5 Å². The molecule has 0 saturated carbocycles. The Balaban J connectivity index is 1.78. The SMILES string of the molecule is CCOC(=O)c1ccc(NC(=O)/C(C#N)=C/c2cc(OCC)c(OCc3ccc(I)cc3)cc2Br)cc1. The van der Waals surface area contributed by atoms with Crippen molar-refractivity contribution in [2.24, 2.45) is 0 Å². The lowest BCUT2D eigenvalue weighted by Crippen LogP contribution is -2.13. The van der Waals surface area contributed by atoms with E-state index >= 15 is 0 Å². The lowest BCUT2D eigenvalue weighted by molar-refractivity contribution is -0.112. The molecule has 0 heterocycles. The Morgan fingerprint density at radius 1 is 1.00 bits per heavy atom. The van der Waals surface area contributed by atoms with E-state index in [4.69, 9.17) is 14.2 Å². The fraction of sp³-hybridized carbons (Fsp3) is 0.179. The summed E-state index contributed by atoms with van der Waals surface area (Å²) in [5.74, 6) is -0.00187. The van der Waals surface area contributed by atoms with Crippen LogP contribution in [0.15, 0.2) is 70.7 Å². The lowest BCUT2D eigenvalue weighted by atomic mass is 10.1. The number of ether oxygens (including phenoxy) is 3. The number of benzene rings is 3. The molecule has 1 amide bonds. The van der Waals surface area contributed by atoms with Gasteiger partial charge in [-0.15, -0.1) is 0 Å².